The molecular weight excluding hydrogens is 216 g/mol. The van der Waals surface area contributed by atoms with E-state index < -0.39 is 12.0 Å². The van der Waals surface area contributed by atoms with Crippen molar-refractivity contribution in [1.29, 1.82) is 0 Å². The number of hydrogen-bond donors (Lipinski definition) is 2. The number of quaternary nitrogens is 1. The average Bonchev–Trinajstić information content (AvgIpc) is 2.66. The molecule has 1 aliphatic rings. The summed E-state index contributed by atoms with van der Waals surface area (Å²) in [7, 11) is 0. The minimum atomic E-state index is -1.02. The smallest absolute Gasteiger partial charge is 0.167 e. The minimum absolute atomic E-state index is 0.591. The molecule has 3 N–H and O–H groups in total. The molecule has 0 saturated heterocycles. The van der Waals surface area contributed by atoms with E-state index in [-0.39, 0.29) is 0 Å². The Morgan fingerprint density at radius 2 is 2.35 bits per heavy atom. The van der Waals surface area contributed by atoms with Gasteiger partial charge in [-0.3, -0.25) is 0 Å². The van der Waals surface area contributed by atoms with Gasteiger partial charge >= 0.3 is 0 Å². The highest BCUT2D eigenvalue weighted by molar-refractivity contribution is 5.87. The highest BCUT2D eigenvalue weighted by Gasteiger charge is 2.27. The van der Waals surface area contributed by atoms with Crippen molar-refractivity contribution in [2.45, 2.75) is 19.4 Å². The molecule has 2 heterocycles. The fraction of sp³-hybridized carbons (Fsp3) is 0.308. The molecule has 0 saturated carbocycles. The number of fused-ring (bicyclic) bond motifs is 3. The van der Waals surface area contributed by atoms with E-state index in [2.05, 4.69) is 11.1 Å². The molecule has 1 atom stereocenters. The number of nitrogens with one attached hydrogen (secondary N) is 1. The lowest BCUT2D eigenvalue weighted by molar-refractivity contribution is -0.693. The Labute approximate surface area is 98.6 Å². The summed E-state index contributed by atoms with van der Waals surface area (Å²) in [5.74, 6) is -1.02. The standard InChI is InChI=1S/C13H14N2O2/c1-7-2-3-10-9(6-7)8-4-5-14-12(13(16)17)11(8)15-10/h2-3,6,12,14-15H,4-5H2,1H3,(H,16,17)/t12-/m1/s1. The third-order valence-electron chi connectivity index (χ3n) is 3.46. The van der Waals surface area contributed by atoms with Crippen LogP contribution >= 0.6 is 0 Å². The number of carboxylic acid groups (broad SMARTS) is 1. The van der Waals surface area contributed by atoms with Crippen LogP contribution in [0.1, 0.15) is 22.9 Å². The largest absolute Gasteiger partial charge is 0.544 e. The number of carboxylic acids is 1. The highest BCUT2D eigenvalue weighted by Crippen LogP contribution is 2.28. The monoisotopic (exact) mass is 230 g/mol. The first-order valence-electron chi connectivity index (χ1n) is 5.82. The van der Waals surface area contributed by atoms with Gasteiger partial charge in [0.05, 0.1) is 12.2 Å². The number of carbonyl (C=O) groups is 1. The molecule has 1 aliphatic heterocycles. The summed E-state index contributed by atoms with van der Waals surface area (Å²) < 4.78 is 0. The van der Waals surface area contributed by atoms with Crippen molar-refractivity contribution in [1.82, 2.24) is 4.98 Å². The van der Waals surface area contributed by atoms with Gasteiger partial charge in [0, 0.05) is 17.3 Å². The van der Waals surface area contributed by atoms with Crippen LogP contribution in [0.25, 0.3) is 10.9 Å². The molecule has 0 fully saturated rings. The van der Waals surface area contributed by atoms with Crippen molar-refractivity contribution >= 4 is 16.9 Å². The molecule has 0 aliphatic carbocycles. The summed E-state index contributed by atoms with van der Waals surface area (Å²) in [5.41, 5.74) is 4.15. The molecular formula is C13H14N2O2. The fourth-order valence-electron chi connectivity index (χ4n) is 2.64. The number of aromatic amines is 1. The number of aliphatic carboxylic acids is 1. The normalized spacial score (nSPS) is 19.2. The Balaban J connectivity index is 2.25. The predicted molar refractivity (Wildman–Crippen MR) is 61.3 cm³/mol. The first-order valence-corrected chi connectivity index (χ1v) is 5.82. The third-order valence-corrected chi connectivity index (χ3v) is 3.46. The Bertz CT molecular complexity index is 601. The van der Waals surface area contributed by atoms with Crippen molar-refractivity contribution < 1.29 is 15.2 Å². The zero-order chi connectivity index (χ0) is 12.0. The van der Waals surface area contributed by atoms with Crippen molar-refractivity contribution in [2.75, 3.05) is 6.54 Å². The van der Waals surface area contributed by atoms with E-state index in [1.807, 2.05) is 24.4 Å². The van der Waals surface area contributed by atoms with E-state index in [1.54, 1.807) is 0 Å². The number of aromatic nitrogens is 1. The maximum atomic E-state index is 11.1. The summed E-state index contributed by atoms with van der Waals surface area (Å²) in [5, 5.41) is 14.1. The van der Waals surface area contributed by atoms with Gasteiger partial charge in [0.1, 0.15) is 5.97 Å². The van der Waals surface area contributed by atoms with E-state index in [1.165, 1.54) is 5.56 Å². The van der Waals surface area contributed by atoms with Gasteiger partial charge in [0.25, 0.3) is 0 Å². The summed E-state index contributed by atoms with van der Waals surface area (Å²) in [6, 6.07) is 5.56. The Morgan fingerprint density at radius 1 is 1.53 bits per heavy atom. The molecule has 0 amide bonds. The molecule has 2 aromatic rings. The summed E-state index contributed by atoms with van der Waals surface area (Å²) in [6.07, 6.45) is 0.905. The first kappa shape index (κ1) is 10.4. The van der Waals surface area contributed by atoms with Gasteiger partial charge in [-0.1, -0.05) is 11.6 Å². The van der Waals surface area contributed by atoms with E-state index >= 15 is 0 Å². The predicted octanol–water partition coefficient (Wildman–Crippen LogP) is -0.613. The van der Waals surface area contributed by atoms with Crippen LogP contribution in [0.15, 0.2) is 18.2 Å². The van der Waals surface area contributed by atoms with Crippen LogP contribution in [-0.2, 0) is 11.2 Å². The van der Waals surface area contributed by atoms with Gasteiger partial charge in [-0.25, -0.2) is 0 Å². The number of H-pyrrole nitrogens is 1. The van der Waals surface area contributed by atoms with E-state index in [4.69, 9.17) is 0 Å². The minimum Gasteiger partial charge on any atom is -0.544 e. The van der Waals surface area contributed by atoms with E-state index in [0.29, 0.717) is 0 Å². The summed E-state index contributed by atoms with van der Waals surface area (Å²) in [4.78, 5) is 14.3. The SMILES string of the molecule is Cc1ccc2[nH]c3c(c2c1)CC[NH2+][C@H]3C(=O)[O-]. The van der Waals surface area contributed by atoms with Crippen LogP contribution in [0.2, 0.25) is 0 Å². The van der Waals surface area contributed by atoms with Crippen LogP contribution in [0.3, 0.4) is 0 Å². The molecule has 0 spiro atoms. The lowest BCUT2D eigenvalue weighted by Gasteiger charge is -2.21. The van der Waals surface area contributed by atoms with E-state index in [0.717, 1.165) is 35.1 Å². The number of aryl methyl sites for hydroxylation is 1. The third kappa shape index (κ3) is 1.52. The van der Waals surface area contributed by atoms with Crippen molar-refractivity contribution in [3.8, 4) is 0 Å². The van der Waals surface area contributed by atoms with Crippen LogP contribution < -0.4 is 10.4 Å². The zero-order valence-corrected chi connectivity index (χ0v) is 9.62. The quantitative estimate of drug-likeness (QED) is 0.685. The maximum absolute atomic E-state index is 11.1. The number of hydrogen-bond acceptors (Lipinski definition) is 2. The van der Waals surface area contributed by atoms with Gasteiger partial charge in [-0.2, -0.15) is 0 Å². The maximum Gasteiger partial charge on any atom is 0.167 e. The second-order valence-electron chi connectivity index (χ2n) is 4.64. The van der Waals surface area contributed by atoms with Crippen molar-refractivity contribution in [3.05, 3.63) is 35.0 Å². The Hall–Kier alpha value is -1.81. The first-order chi connectivity index (χ1) is 8.16. The number of carbonyl (C=O) groups excluding carboxylic acids is 1. The average molecular weight is 230 g/mol. The number of rotatable bonds is 1. The number of nitrogens with two attached hydrogens (primary N) is 1. The molecule has 1 aromatic carbocycles. The zero-order valence-electron chi connectivity index (χ0n) is 9.62. The van der Waals surface area contributed by atoms with Gasteiger partial charge < -0.3 is 20.2 Å². The van der Waals surface area contributed by atoms with Gasteiger partial charge in [0.15, 0.2) is 6.04 Å². The second-order valence-corrected chi connectivity index (χ2v) is 4.64. The summed E-state index contributed by atoms with van der Waals surface area (Å²) in [6.45, 7) is 2.84. The molecule has 4 heteroatoms. The molecule has 0 unspecified atom stereocenters. The van der Waals surface area contributed by atoms with Crippen molar-refractivity contribution in [3.63, 3.8) is 0 Å². The number of benzene rings is 1. The molecule has 88 valence electrons. The van der Waals surface area contributed by atoms with Crippen molar-refractivity contribution in [2.24, 2.45) is 0 Å². The molecule has 4 nitrogen and oxygen atoms in total. The van der Waals surface area contributed by atoms with Gasteiger partial charge in [-0.15, -0.1) is 0 Å². The molecule has 3 rings (SSSR count). The fourth-order valence-corrected chi connectivity index (χ4v) is 2.64. The lowest BCUT2D eigenvalue weighted by atomic mass is 9.99. The molecule has 0 bridgehead atoms. The van der Waals surface area contributed by atoms with Gasteiger partial charge in [-0.05, 0) is 24.6 Å². The summed E-state index contributed by atoms with van der Waals surface area (Å²) >= 11 is 0. The topological polar surface area (TPSA) is 72.5 Å². The van der Waals surface area contributed by atoms with Crippen LogP contribution in [0, 0.1) is 6.92 Å². The van der Waals surface area contributed by atoms with E-state index in [9.17, 15) is 9.90 Å². The lowest BCUT2D eigenvalue weighted by Crippen LogP contribution is -2.89. The second kappa shape index (κ2) is 3.60. The highest BCUT2D eigenvalue weighted by atomic mass is 16.4. The Kier molecular flexibility index (Phi) is 2.19. The van der Waals surface area contributed by atoms with Gasteiger partial charge in [0.2, 0.25) is 0 Å². The van der Waals surface area contributed by atoms with Crippen LogP contribution in [0.5, 0.6) is 0 Å². The van der Waals surface area contributed by atoms with Crippen LogP contribution in [0.4, 0.5) is 0 Å². The molecule has 0 radical (unpaired) electrons. The molecule has 17 heavy (non-hydrogen) atoms. The molecule has 1 aromatic heterocycles. The Morgan fingerprint density at radius 3 is 3.12 bits per heavy atom. The van der Waals surface area contributed by atoms with Crippen LogP contribution in [-0.4, -0.2) is 17.5 Å².